The Labute approximate surface area is 416 Å². The Balaban J connectivity index is 0.000000273. The summed E-state index contributed by atoms with van der Waals surface area (Å²) in [6.45, 7) is 2.09. The van der Waals surface area contributed by atoms with E-state index in [4.69, 9.17) is 38.5 Å². The molecule has 4 aromatic carbocycles. The second-order valence-electron chi connectivity index (χ2n) is 13.8. The predicted molar refractivity (Wildman–Crippen MR) is 271 cm³/mol. The number of nitrogens with two attached hydrogens (primary N) is 1. The SMILES string of the molecule is CC/C=C/c1ccc(C(c2ccsc2)n2[nH]c(=O)c(Sc3ccccc3Cl)c2[O-])cc1.NC(=O)/C=C/c1ccc(C(c2ccsc2)n2[nH]c(=O)c(Sc3ccccc3Cl)c2[O-])cc1.O=C=O.[NH4+].[NH4+]. The first-order chi connectivity index (χ1) is 31.9. The van der Waals surface area contributed by atoms with Gasteiger partial charge >= 0.3 is 6.15 Å². The van der Waals surface area contributed by atoms with Gasteiger partial charge in [-0.25, -0.2) is 0 Å². The molecule has 352 valence electrons. The maximum absolute atomic E-state index is 13.3. The van der Waals surface area contributed by atoms with Crippen molar-refractivity contribution in [3.63, 3.8) is 0 Å². The normalized spacial score (nSPS) is 11.6. The van der Waals surface area contributed by atoms with Gasteiger partial charge in [0.15, 0.2) is 0 Å². The molecule has 12 N–H and O–H groups in total. The van der Waals surface area contributed by atoms with Crippen molar-refractivity contribution in [3.05, 3.63) is 207 Å². The zero-order valence-corrected chi connectivity index (χ0v) is 41.4. The summed E-state index contributed by atoms with van der Waals surface area (Å²) < 4.78 is 2.76. The molecule has 2 atom stereocenters. The van der Waals surface area contributed by atoms with Crippen molar-refractivity contribution in [3.8, 4) is 11.8 Å². The number of nitrogens with zero attached hydrogens (tertiary/aromatic N) is 2. The van der Waals surface area contributed by atoms with Gasteiger partial charge < -0.3 is 28.2 Å². The van der Waals surface area contributed by atoms with E-state index in [9.17, 15) is 24.6 Å². The fourth-order valence-corrected chi connectivity index (χ4v) is 10.1. The molecule has 0 fully saturated rings. The highest BCUT2D eigenvalue weighted by Gasteiger charge is 2.23. The van der Waals surface area contributed by atoms with Gasteiger partial charge in [0.2, 0.25) is 5.91 Å². The largest absolute Gasteiger partial charge is 0.858 e. The molecule has 0 radical (unpaired) electrons. The Hall–Kier alpha value is -6.57. The molecular weight excluding hydrogens is 986 g/mol. The average molecular weight is 1030 g/mol. The maximum atomic E-state index is 13.3. The minimum atomic E-state index is -0.533. The molecule has 8 aromatic rings. The Bertz CT molecular complexity index is 3090. The zero-order valence-electron chi connectivity index (χ0n) is 36.6. The molecule has 2 unspecified atom stereocenters. The van der Waals surface area contributed by atoms with Crippen molar-refractivity contribution >= 4 is 93.6 Å². The summed E-state index contributed by atoms with van der Waals surface area (Å²) in [5.74, 6) is -1.32. The summed E-state index contributed by atoms with van der Waals surface area (Å²) in [5, 5.41) is 40.8. The topological polar surface area (TPSA) is 272 Å². The molecule has 0 aliphatic rings. The first-order valence-electron chi connectivity index (χ1n) is 19.7. The molecule has 4 aromatic heterocycles. The third-order valence-electron chi connectivity index (χ3n) is 9.50. The molecule has 20 heteroatoms. The van der Waals surface area contributed by atoms with Gasteiger partial charge in [-0.3, -0.25) is 33.9 Å². The third-order valence-corrected chi connectivity index (χ3v) is 14.1. The quantitative estimate of drug-likeness (QED) is 0.0647. The zero-order chi connectivity index (χ0) is 47.2. The van der Waals surface area contributed by atoms with Gasteiger partial charge in [-0.15, -0.1) is 0 Å². The first-order valence-corrected chi connectivity index (χ1v) is 24.0. The van der Waals surface area contributed by atoms with E-state index in [-0.39, 0.29) is 34.1 Å². The Kier molecular flexibility index (Phi) is 20.7. The van der Waals surface area contributed by atoms with E-state index in [0.717, 1.165) is 63.3 Å². The summed E-state index contributed by atoms with van der Waals surface area (Å²) in [7, 11) is 0. The summed E-state index contributed by atoms with van der Waals surface area (Å²) in [6.07, 6.45) is 8.28. The number of benzene rings is 4. The second kappa shape index (κ2) is 26.1. The molecule has 0 saturated heterocycles. The Morgan fingerprint density at radius 3 is 1.43 bits per heavy atom. The van der Waals surface area contributed by atoms with Crippen molar-refractivity contribution in [1.82, 2.24) is 31.9 Å². The molecule has 0 aliphatic carbocycles. The Morgan fingerprint density at radius 1 is 0.676 bits per heavy atom. The number of halogens is 2. The number of carbonyl (C=O) groups is 1. The van der Waals surface area contributed by atoms with Gasteiger partial charge in [0.1, 0.15) is 0 Å². The van der Waals surface area contributed by atoms with Gasteiger partial charge in [0, 0.05) is 27.6 Å². The minimum absolute atomic E-state index is 0. The lowest BCUT2D eigenvalue weighted by molar-refractivity contribution is -0.284. The van der Waals surface area contributed by atoms with Crippen LogP contribution in [0.5, 0.6) is 11.8 Å². The van der Waals surface area contributed by atoms with E-state index >= 15 is 0 Å². The minimum Gasteiger partial charge on any atom is -0.858 e. The van der Waals surface area contributed by atoms with Crippen LogP contribution in [0.1, 0.15) is 58.8 Å². The number of nitrogens with one attached hydrogen (secondary N) is 2. The van der Waals surface area contributed by atoms with E-state index in [0.29, 0.717) is 19.8 Å². The van der Waals surface area contributed by atoms with Crippen molar-refractivity contribution < 1.29 is 24.6 Å². The van der Waals surface area contributed by atoms with E-state index in [1.807, 2.05) is 94.3 Å². The number of hydrogen-bond acceptors (Lipinski definition) is 11. The van der Waals surface area contributed by atoms with E-state index < -0.39 is 35.0 Å². The van der Waals surface area contributed by atoms with Crippen LogP contribution in [0.2, 0.25) is 10.0 Å². The van der Waals surface area contributed by atoms with Crippen LogP contribution in [-0.4, -0.2) is 31.6 Å². The van der Waals surface area contributed by atoms with Crippen LogP contribution in [0.4, 0.5) is 0 Å². The highest BCUT2D eigenvalue weighted by Crippen LogP contribution is 2.40. The number of rotatable bonds is 14. The summed E-state index contributed by atoms with van der Waals surface area (Å²) >= 11 is 17.6. The van der Waals surface area contributed by atoms with E-state index in [2.05, 4.69) is 29.3 Å². The molecule has 68 heavy (non-hydrogen) atoms. The number of quaternary nitrogens is 2. The first kappa shape index (κ1) is 54.0. The fourth-order valence-electron chi connectivity index (χ4n) is 6.51. The molecule has 4 heterocycles. The lowest BCUT2D eigenvalue weighted by Crippen LogP contribution is -2.17. The van der Waals surface area contributed by atoms with Gasteiger partial charge in [0.05, 0.1) is 31.9 Å². The number of amides is 1. The number of aromatic nitrogens is 4. The number of primary amides is 1. The molecule has 0 aliphatic heterocycles. The van der Waals surface area contributed by atoms with Crippen molar-refractivity contribution in [1.29, 1.82) is 0 Å². The van der Waals surface area contributed by atoms with Crippen molar-refractivity contribution in [2.45, 2.75) is 45.0 Å². The summed E-state index contributed by atoms with van der Waals surface area (Å²) in [5.41, 5.74) is 9.67. The number of carbonyl (C=O) groups excluding carboxylic acids is 3. The molecule has 14 nitrogen and oxygen atoms in total. The van der Waals surface area contributed by atoms with Crippen LogP contribution in [-0.2, 0) is 14.4 Å². The maximum Gasteiger partial charge on any atom is 0.373 e. The van der Waals surface area contributed by atoms with Crippen molar-refractivity contribution in [2.75, 3.05) is 0 Å². The van der Waals surface area contributed by atoms with Crippen molar-refractivity contribution in [2.24, 2.45) is 5.73 Å². The van der Waals surface area contributed by atoms with Gasteiger partial charge in [-0.1, -0.05) is 139 Å². The monoisotopic (exact) mass is 1030 g/mol. The van der Waals surface area contributed by atoms with E-state index in [1.54, 1.807) is 53.8 Å². The molecular formula is C48H45Cl2N7O7S4. The molecule has 0 saturated carbocycles. The molecule has 1 amide bonds. The van der Waals surface area contributed by atoms with Gasteiger partial charge in [-0.2, -0.15) is 32.3 Å². The Morgan fingerprint density at radius 2 is 1.07 bits per heavy atom. The van der Waals surface area contributed by atoms with Crippen LogP contribution in [0.25, 0.3) is 12.2 Å². The van der Waals surface area contributed by atoms with Crippen LogP contribution in [0.15, 0.2) is 172 Å². The standard InChI is InChI=1S/C24H21ClN2O2S2.C23H18ClN3O3S2.CO2.2H3N/c1-2-3-6-16-9-11-17(12-10-16)21(18-13-14-30-15-18)27-24(29)22(23(28)26-27)31-20-8-5-4-7-19(20)25;24-17-3-1-2-4-18(17)32-21-22(29)26-27(23(21)30)20(16-11-12-31-13-16)15-8-5-14(6-9-15)7-10-19(25)28;2-1-3;;/h3-15,21,29H,2H2,1H3,(H,26,28);1-13,20,30H,(H2,25,28)(H,26,29);;2*1H3/b6-3+;10-7+;;;. The lowest BCUT2D eigenvalue weighted by Gasteiger charge is -2.23. The number of aromatic amines is 2. The van der Waals surface area contributed by atoms with E-state index in [1.165, 1.54) is 26.8 Å². The van der Waals surface area contributed by atoms with Crippen LogP contribution < -0.4 is 39.4 Å². The summed E-state index contributed by atoms with van der Waals surface area (Å²) in [4.78, 5) is 54.1. The predicted octanol–water partition coefficient (Wildman–Crippen LogP) is 10.6. The van der Waals surface area contributed by atoms with Crippen LogP contribution >= 0.6 is 69.4 Å². The lowest BCUT2D eigenvalue weighted by atomic mass is 10.00. The van der Waals surface area contributed by atoms with Crippen LogP contribution in [0.3, 0.4) is 0 Å². The van der Waals surface area contributed by atoms with Crippen LogP contribution in [0, 0.1) is 0 Å². The average Bonchev–Trinajstić information content (AvgIpc) is 4.14. The highest BCUT2D eigenvalue weighted by atomic mass is 35.5. The molecule has 8 rings (SSSR count). The number of thiophene rings is 2. The van der Waals surface area contributed by atoms with Gasteiger partial charge in [-0.05, 0) is 104 Å². The number of hydrogen-bond donors (Lipinski definition) is 5. The second-order valence-corrected chi connectivity index (χ2v) is 18.3. The number of H-pyrrole nitrogens is 2. The molecule has 0 bridgehead atoms. The fraction of sp³-hybridized carbons (Fsp3) is 0.0833. The molecule has 0 spiro atoms. The van der Waals surface area contributed by atoms with Gasteiger partial charge in [0.25, 0.3) is 11.1 Å². The third kappa shape index (κ3) is 13.5. The highest BCUT2D eigenvalue weighted by molar-refractivity contribution is 7.99. The number of allylic oxidation sites excluding steroid dienone is 1. The summed E-state index contributed by atoms with van der Waals surface area (Å²) in [6, 6.07) is 32.5. The smallest absolute Gasteiger partial charge is 0.373 e.